The van der Waals surface area contributed by atoms with Crippen molar-refractivity contribution in [1.29, 1.82) is 0 Å². The van der Waals surface area contributed by atoms with E-state index in [-0.39, 0.29) is 0 Å². The number of hydrogen-bond donors (Lipinski definition) is 2. The molecule has 0 atom stereocenters. The molecule has 0 unspecified atom stereocenters. The van der Waals surface area contributed by atoms with Crippen molar-refractivity contribution in [1.82, 2.24) is 0 Å². The van der Waals surface area contributed by atoms with Gasteiger partial charge in [-0.05, 0) is 43.7 Å². The zero-order chi connectivity index (χ0) is 14.5. The Morgan fingerprint density at radius 2 is 1.90 bits per heavy atom. The van der Waals surface area contributed by atoms with Crippen LogP contribution in [0.5, 0.6) is 0 Å². The summed E-state index contributed by atoms with van der Waals surface area (Å²) in [7, 11) is 0. The molecule has 1 aromatic rings. The number of anilines is 1. The van der Waals surface area contributed by atoms with Crippen LogP contribution in [-0.2, 0) is 0 Å². The lowest BCUT2D eigenvalue weighted by Gasteiger charge is -2.28. The number of rotatable bonds is 5. The zero-order valence-corrected chi connectivity index (χ0v) is 12.5. The van der Waals surface area contributed by atoms with Gasteiger partial charge in [-0.25, -0.2) is 4.79 Å². The Kier molecular flexibility index (Phi) is 5.05. The minimum Gasteiger partial charge on any atom is -0.478 e. The van der Waals surface area contributed by atoms with Gasteiger partial charge in [0.1, 0.15) is 0 Å². The molecule has 0 saturated heterocycles. The minimum absolute atomic E-state index is 0.382. The molecule has 1 saturated carbocycles. The maximum Gasteiger partial charge on any atom is 0.337 e. The van der Waals surface area contributed by atoms with E-state index in [9.17, 15) is 9.90 Å². The highest BCUT2D eigenvalue weighted by Crippen LogP contribution is 2.31. The van der Waals surface area contributed by atoms with E-state index in [0.717, 1.165) is 23.7 Å². The van der Waals surface area contributed by atoms with Crippen molar-refractivity contribution in [3.05, 3.63) is 29.3 Å². The molecular weight excluding hydrogens is 250 g/mol. The summed E-state index contributed by atoms with van der Waals surface area (Å²) < 4.78 is 0. The number of carbonyl (C=O) groups is 1. The number of carboxylic acids is 1. The summed E-state index contributed by atoms with van der Waals surface area (Å²) >= 11 is 0. The van der Waals surface area contributed by atoms with Gasteiger partial charge in [0.2, 0.25) is 0 Å². The quantitative estimate of drug-likeness (QED) is 0.841. The van der Waals surface area contributed by atoms with Crippen molar-refractivity contribution in [3.8, 4) is 0 Å². The molecule has 0 radical (unpaired) electrons. The average molecular weight is 275 g/mol. The van der Waals surface area contributed by atoms with Gasteiger partial charge >= 0.3 is 5.97 Å². The standard InChI is InChI=1S/C17H25NO2/c1-3-13-5-7-14(8-6-13)11-18-16-9-4-12(2)10-15(16)17(19)20/h4,9-10,13-14,18H,3,5-8,11H2,1-2H3,(H,19,20). The molecule has 0 heterocycles. The fourth-order valence-electron chi connectivity index (χ4n) is 3.09. The van der Waals surface area contributed by atoms with E-state index >= 15 is 0 Å². The molecule has 20 heavy (non-hydrogen) atoms. The van der Waals surface area contributed by atoms with Gasteiger partial charge in [-0.2, -0.15) is 0 Å². The number of aryl methyl sites for hydroxylation is 1. The summed E-state index contributed by atoms with van der Waals surface area (Å²) in [6.07, 6.45) is 6.46. The first-order chi connectivity index (χ1) is 9.60. The molecule has 1 fully saturated rings. The van der Waals surface area contributed by atoms with Crippen LogP contribution in [0, 0.1) is 18.8 Å². The molecule has 3 nitrogen and oxygen atoms in total. The monoisotopic (exact) mass is 275 g/mol. The van der Waals surface area contributed by atoms with Crippen LogP contribution in [0.3, 0.4) is 0 Å². The molecule has 0 spiro atoms. The van der Waals surface area contributed by atoms with Crippen LogP contribution in [0.15, 0.2) is 18.2 Å². The molecule has 1 aromatic carbocycles. The Morgan fingerprint density at radius 1 is 1.25 bits per heavy atom. The second-order valence-corrected chi connectivity index (χ2v) is 6.03. The van der Waals surface area contributed by atoms with Crippen molar-refractivity contribution in [2.45, 2.75) is 46.0 Å². The summed E-state index contributed by atoms with van der Waals surface area (Å²) in [6, 6.07) is 5.58. The Morgan fingerprint density at radius 3 is 2.50 bits per heavy atom. The predicted molar refractivity (Wildman–Crippen MR) is 82.4 cm³/mol. The summed E-state index contributed by atoms with van der Waals surface area (Å²) in [5.41, 5.74) is 2.12. The second-order valence-electron chi connectivity index (χ2n) is 6.03. The third kappa shape index (κ3) is 3.75. The fourth-order valence-corrected chi connectivity index (χ4v) is 3.09. The molecule has 0 bridgehead atoms. The molecule has 0 aliphatic heterocycles. The van der Waals surface area contributed by atoms with E-state index in [1.54, 1.807) is 6.07 Å². The minimum atomic E-state index is -0.856. The number of hydrogen-bond acceptors (Lipinski definition) is 2. The molecule has 2 N–H and O–H groups in total. The number of nitrogens with one attached hydrogen (secondary N) is 1. The molecule has 1 aliphatic carbocycles. The summed E-state index contributed by atoms with van der Waals surface area (Å²) in [5.74, 6) is 0.729. The van der Waals surface area contributed by atoms with E-state index in [0.29, 0.717) is 11.5 Å². The van der Waals surface area contributed by atoms with Crippen LogP contribution in [-0.4, -0.2) is 17.6 Å². The molecular formula is C17H25NO2. The first-order valence-corrected chi connectivity index (χ1v) is 7.68. The molecule has 1 aliphatic rings. The molecule has 0 amide bonds. The van der Waals surface area contributed by atoms with Crippen molar-refractivity contribution in [2.24, 2.45) is 11.8 Å². The fraction of sp³-hybridized carbons (Fsp3) is 0.588. The number of aromatic carboxylic acids is 1. The van der Waals surface area contributed by atoms with Crippen LogP contribution < -0.4 is 5.32 Å². The van der Waals surface area contributed by atoms with E-state index < -0.39 is 5.97 Å². The summed E-state index contributed by atoms with van der Waals surface area (Å²) in [5, 5.41) is 12.6. The van der Waals surface area contributed by atoms with E-state index in [1.165, 1.54) is 32.1 Å². The summed E-state index contributed by atoms with van der Waals surface area (Å²) in [4.78, 5) is 11.3. The molecule has 3 heteroatoms. The van der Waals surface area contributed by atoms with Gasteiger partial charge < -0.3 is 10.4 Å². The number of carboxylic acid groups (broad SMARTS) is 1. The van der Waals surface area contributed by atoms with Crippen LogP contribution in [0.25, 0.3) is 0 Å². The van der Waals surface area contributed by atoms with Crippen LogP contribution in [0.4, 0.5) is 5.69 Å². The molecule has 110 valence electrons. The molecule has 2 rings (SSSR count). The first-order valence-electron chi connectivity index (χ1n) is 7.68. The SMILES string of the molecule is CCC1CCC(CNc2ccc(C)cc2C(=O)O)CC1. The Balaban J connectivity index is 1.93. The average Bonchev–Trinajstić information content (AvgIpc) is 2.46. The van der Waals surface area contributed by atoms with Crippen LogP contribution in [0.1, 0.15) is 54.9 Å². The predicted octanol–water partition coefficient (Wildman–Crippen LogP) is 4.32. The Hall–Kier alpha value is -1.51. The summed E-state index contributed by atoms with van der Waals surface area (Å²) in [6.45, 7) is 5.08. The zero-order valence-electron chi connectivity index (χ0n) is 12.5. The topological polar surface area (TPSA) is 49.3 Å². The van der Waals surface area contributed by atoms with Gasteiger partial charge in [0.15, 0.2) is 0 Å². The highest BCUT2D eigenvalue weighted by atomic mass is 16.4. The maximum atomic E-state index is 11.3. The van der Waals surface area contributed by atoms with Crippen molar-refractivity contribution in [2.75, 3.05) is 11.9 Å². The van der Waals surface area contributed by atoms with Gasteiger partial charge in [0.25, 0.3) is 0 Å². The normalized spacial score (nSPS) is 22.5. The van der Waals surface area contributed by atoms with Crippen LogP contribution in [0.2, 0.25) is 0 Å². The van der Waals surface area contributed by atoms with Gasteiger partial charge in [-0.1, -0.05) is 37.8 Å². The van der Waals surface area contributed by atoms with E-state index in [1.807, 2.05) is 19.1 Å². The Bertz CT molecular complexity index is 462. The third-order valence-electron chi connectivity index (χ3n) is 4.53. The first kappa shape index (κ1) is 14.9. The van der Waals surface area contributed by atoms with Crippen molar-refractivity contribution < 1.29 is 9.90 Å². The van der Waals surface area contributed by atoms with Crippen molar-refractivity contribution in [3.63, 3.8) is 0 Å². The van der Waals surface area contributed by atoms with Crippen LogP contribution >= 0.6 is 0 Å². The Labute approximate surface area is 121 Å². The van der Waals surface area contributed by atoms with Gasteiger partial charge in [-0.15, -0.1) is 0 Å². The van der Waals surface area contributed by atoms with E-state index in [2.05, 4.69) is 12.2 Å². The van der Waals surface area contributed by atoms with Gasteiger partial charge in [0.05, 0.1) is 5.56 Å². The lowest BCUT2D eigenvalue weighted by atomic mass is 9.81. The van der Waals surface area contributed by atoms with E-state index in [4.69, 9.17) is 0 Å². The smallest absolute Gasteiger partial charge is 0.337 e. The van der Waals surface area contributed by atoms with Crippen molar-refractivity contribution >= 4 is 11.7 Å². The lowest BCUT2D eigenvalue weighted by Crippen LogP contribution is -2.21. The third-order valence-corrected chi connectivity index (χ3v) is 4.53. The highest BCUT2D eigenvalue weighted by molar-refractivity contribution is 5.94. The lowest BCUT2D eigenvalue weighted by molar-refractivity contribution is 0.0698. The van der Waals surface area contributed by atoms with Gasteiger partial charge in [0, 0.05) is 12.2 Å². The largest absolute Gasteiger partial charge is 0.478 e. The maximum absolute atomic E-state index is 11.3. The highest BCUT2D eigenvalue weighted by Gasteiger charge is 2.20. The second kappa shape index (κ2) is 6.78. The van der Waals surface area contributed by atoms with Gasteiger partial charge in [-0.3, -0.25) is 0 Å². The molecule has 0 aromatic heterocycles. The number of benzene rings is 1.